The van der Waals surface area contributed by atoms with E-state index in [2.05, 4.69) is 0 Å². The fourth-order valence-electron chi connectivity index (χ4n) is 3.15. The Morgan fingerprint density at radius 2 is 2.10 bits per heavy atom. The Bertz CT molecular complexity index is 611. The first-order valence-electron chi connectivity index (χ1n) is 7.09. The van der Waals surface area contributed by atoms with E-state index >= 15 is 0 Å². The van der Waals surface area contributed by atoms with Crippen LogP contribution in [0.3, 0.4) is 0 Å². The van der Waals surface area contributed by atoms with Crippen molar-refractivity contribution in [2.24, 2.45) is 5.92 Å². The molecule has 0 saturated carbocycles. The summed E-state index contributed by atoms with van der Waals surface area (Å²) in [5.74, 6) is -0.297. The second-order valence-electron chi connectivity index (χ2n) is 5.29. The lowest BCUT2D eigenvalue weighted by Gasteiger charge is -2.43. The van der Waals surface area contributed by atoms with Gasteiger partial charge in [0.2, 0.25) is 5.91 Å². The summed E-state index contributed by atoms with van der Waals surface area (Å²) in [4.78, 5) is 26.1. The topological polar surface area (TPSA) is 57.6 Å². The number of carboxylic acids is 1. The molecule has 2 unspecified atom stereocenters. The molecule has 1 aromatic carbocycles. The van der Waals surface area contributed by atoms with Crippen molar-refractivity contribution in [1.82, 2.24) is 4.90 Å². The van der Waals surface area contributed by atoms with Crippen LogP contribution in [0.1, 0.15) is 18.9 Å². The molecule has 21 heavy (non-hydrogen) atoms. The van der Waals surface area contributed by atoms with Crippen molar-refractivity contribution in [3.63, 3.8) is 0 Å². The number of carboxylic acid groups (broad SMARTS) is 1. The summed E-state index contributed by atoms with van der Waals surface area (Å²) in [6, 6.07) is 9.93. The molecule has 3 rings (SSSR count). The lowest BCUT2D eigenvalue weighted by Crippen LogP contribution is -2.59. The number of rotatable bonds is 5. The highest BCUT2D eigenvalue weighted by Crippen LogP contribution is 2.46. The zero-order valence-corrected chi connectivity index (χ0v) is 12.6. The molecule has 5 heteroatoms. The fourth-order valence-corrected chi connectivity index (χ4v) is 4.11. The number of hydrogen-bond donors (Lipinski definition) is 1. The van der Waals surface area contributed by atoms with Gasteiger partial charge in [-0.25, -0.2) is 4.79 Å². The van der Waals surface area contributed by atoms with Gasteiger partial charge in [-0.05, 0) is 17.7 Å². The minimum atomic E-state index is -0.986. The molecular formula is C16H17NO3S. The van der Waals surface area contributed by atoms with E-state index in [4.69, 9.17) is 0 Å². The summed E-state index contributed by atoms with van der Waals surface area (Å²) in [6.07, 6.45) is 1.38. The molecule has 1 aromatic rings. The number of thioether (sulfide) groups is 1. The van der Waals surface area contributed by atoms with Crippen LogP contribution in [0.25, 0.3) is 0 Å². The van der Waals surface area contributed by atoms with Gasteiger partial charge in [0.1, 0.15) is 5.70 Å². The second kappa shape index (κ2) is 5.56. The Morgan fingerprint density at radius 3 is 2.71 bits per heavy atom. The quantitative estimate of drug-likeness (QED) is 0.849. The maximum Gasteiger partial charge on any atom is 0.353 e. The summed E-state index contributed by atoms with van der Waals surface area (Å²) >= 11 is 1.54. The van der Waals surface area contributed by atoms with Crippen molar-refractivity contribution in [2.45, 2.75) is 25.8 Å². The number of carbonyl (C=O) groups is 2. The predicted octanol–water partition coefficient (Wildman–Crippen LogP) is 2.51. The standard InChI is InChI=1S/C16H17NO3S/c1-2-21-13-9-12-11(8-10-6-4-3-5-7-10)15(18)17(12)14(13)16(19)20/h3-7,11-12H,2,8-9H2,1H3,(H,19,20). The molecule has 2 aliphatic heterocycles. The minimum Gasteiger partial charge on any atom is -0.477 e. The molecule has 1 N–H and O–H groups in total. The molecular weight excluding hydrogens is 286 g/mol. The minimum absolute atomic E-state index is 0.0258. The molecule has 110 valence electrons. The molecule has 2 heterocycles. The zero-order valence-electron chi connectivity index (χ0n) is 11.8. The van der Waals surface area contributed by atoms with Crippen molar-refractivity contribution in [1.29, 1.82) is 0 Å². The molecule has 4 nitrogen and oxygen atoms in total. The summed E-state index contributed by atoms with van der Waals surface area (Å²) in [5.41, 5.74) is 1.34. The molecule has 2 atom stereocenters. The first-order chi connectivity index (χ1) is 10.1. The van der Waals surface area contributed by atoms with Crippen molar-refractivity contribution in [3.8, 4) is 0 Å². The van der Waals surface area contributed by atoms with E-state index < -0.39 is 5.97 Å². The summed E-state index contributed by atoms with van der Waals surface area (Å²) in [5, 5.41) is 9.36. The maximum atomic E-state index is 12.3. The van der Waals surface area contributed by atoms with Gasteiger partial charge in [0.15, 0.2) is 0 Å². The van der Waals surface area contributed by atoms with Crippen LogP contribution in [0.4, 0.5) is 0 Å². The Labute approximate surface area is 127 Å². The Morgan fingerprint density at radius 1 is 1.38 bits per heavy atom. The number of nitrogens with zero attached hydrogens (tertiary/aromatic N) is 1. The summed E-state index contributed by atoms with van der Waals surface area (Å²) in [6.45, 7) is 2.00. The zero-order chi connectivity index (χ0) is 15.0. The van der Waals surface area contributed by atoms with Crippen LogP contribution < -0.4 is 0 Å². The third kappa shape index (κ3) is 2.35. The highest BCUT2D eigenvalue weighted by Gasteiger charge is 2.54. The van der Waals surface area contributed by atoms with Crippen LogP contribution in [0.2, 0.25) is 0 Å². The number of amides is 1. The van der Waals surface area contributed by atoms with Crippen molar-refractivity contribution in [2.75, 3.05) is 5.75 Å². The molecule has 1 fully saturated rings. The lowest BCUT2D eigenvalue weighted by atomic mass is 9.82. The third-order valence-corrected chi connectivity index (χ3v) is 5.07. The number of β-lactam (4-membered cyclic amide) rings is 1. The van der Waals surface area contributed by atoms with Crippen LogP contribution in [-0.2, 0) is 16.0 Å². The fraction of sp³-hybridized carbons (Fsp3) is 0.375. The highest BCUT2D eigenvalue weighted by molar-refractivity contribution is 8.03. The van der Waals surface area contributed by atoms with Gasteiger partial charge >= 0.3 is 5.97 Å². The van der Waals surface area contributed by atoms with Crippen LogP contribution in [0, 0.1) is 5.92 Å². The largest absolute Gasteiger partial charge is 0.477 e. The summed E-state index contributed by atoms with van der Waals surface area (Å²) < 4.78 is 0. The summed E-state index contributed by atoms with van der Waals surface area (Å²) in [7, 11) is 0. The van der Waals surface area contributed by atoms with Gasteiger partial charge in [0, 0.05) is 11.3 Å². The lowest BCUT2D eigenvalue weighted by molar-refractivity contribution is -0.154. The maximum absolute atomic E-state index is 12.3. The van der Waals surface area contributed by atoms with Gasteiger partial charge < -0.3 is 10.0 Å². The van der Waals surface area contributed by atoms with E-state index in [0.29, 0.717) is 12.8 Å². The van der Waals surface area contributed by atoms with Crippen molar-refractivity contribution < 1.29 is 14.7 Å². The molecule has 0 aliphatic carbocycles. The predicted molar refractivity (Wildman–Crippen MR) is 81.7 cm³/mol. The van der Waals surface area contributed by atoms with Crippen LogP contribution in [-0.4, -0.2) is 33.7 Å². The smallest absolute Gasteiger partial charge is 0.353 e. The van der Waals surface area contributed by atoms with E-state index in [0.717, 1.165) is 16.2 Å². The van der Waals surface area contributed by atoms with Crippen LogP contribution >= 0.6 is 11.8 Å². The highest BCUT2D eigenvalue weighted by atomic mass is 32.2. The number of carbonyl (C=O) groups excluding carboxylic acids is 1. The Hall–Kier alpha value is -1.75. The van der Waals surface area contributed by atoms with Crippen LogP contribution in [0.15, 0.2) is 40.9 Å². The Kier molecular flexibility index (Phi) is 3.76. The van der Waals surface area contributed by atoms with Gasteiger partial charge in [-0.2, -0.15) is 0 Å². The molecule has 2 aliphatic rings. The van der Waals surface area contributed by atoms with Crippen LogP contribution in [0.5, 0.6) is 0 Å². The second-order valence-corrected chi connectivity index (χ2v) is 6.64. The molecule has 0 radical (unpaired) electrons. The van der Waals surface area contributed by atoms with Gasteiger partial charge in [-0.1, -0.05) is 37.3 Å². The molecule has 1 amide bonds. The average Bonchev–Trinajstić information content (AvgIpc) is 2.82. The number of benzene rings is 1. The first-order valence-corrected chi connectivity index (χ1v) is 8.08. The van der Waals surface area contributed by atoms with E-state index in [1.54, 1.807) is 0 Å². The van der Waals surface area contributed by atoms with E-state index in [1.807, 2.05) is 37.3 Å². The van der Waals surface area contributed by atoms with E-state index in [-0.39, 0.29) is 23.6 Å². The van der Waals surface area contributed by atoms with Gasteiger partial charge in [-0.15, -0.1) is 11.8 Å². The van der Waals surface area contributed by atoms with Gasteiger partial charge in [0.25, 0.3) is 0 Å². The normalized spacial score (nSPS) is 24.0. The SMILES string of the molecule is CCSC1=C(C(=O)O)N2C(=O)C(Cc3ccccc3)C2C1. The number of aliphatic carboxylic acids is 1. The molecule has 0 bridgehead atoms. The van der Waals surface area contributed by atoms with E-state index in [9.17, 15) is 14.7 Å². The third-order valence-electron chi connectivity index (χ3n) is 4.07. The average molecular weight is 303 g/mol. The van der Waals surface area contributed by atoms with Gasteiger partial charge in [-0.3, -0.25) is 4.79 Å². The molecule has 0 spiro atoms. The molecule has 1 saturated heterocycles. The van der Waals surface area contributed by atoms with E-state index in [1.165, 1.54) is 16.7 Å². The Balaban J connectivity index is 1.78. The number of hydrogen-bond acceptors (Lipinski definition) is 3. The first kappa shape index (κ1) is 14.2. The monoisotopic (exact) mass is 303 g/mol. The van der Waals surface area contributed by atoms with Crippen molar-refractivity contribution in [3.05, 3.63) is 46.5 Å². The van der Waals surface area contributed by atoms with Gasteiger partial charge in [0.05, 0.1) is 12.0 Å². The number of fused-ring (bicyclic) bond motifs is 1. The molecule has 0 aromatic heterocycles. The van der Waals surface area contributed by atoms with Crippen molar-refractivity contribution >= 4 is 23.6 Å².